The SMILES string of the molecule is COc1cc(C=C2CCCN3C2=NC(c2ccccc2)N3C2=CC(C)C(F)C=C2)ccc1-n1cnc(C)c1. The van der Waals surface area contributed by atoms with Crippen molar-refractivity contribution in [1.82, 2.24) is 19.6 Å². The van der Waals surface area contributed by atoms with Gasteiger partial charge >= 0.3 is 0 Å². The van der Waals surface area contributed by atoms with Gasteiger partial charge in [0.25, 0.3) is 0 Å². The molecule has 6 rings (SSSR count). The van der Waals surface area contributed by atoms with Gasteiger partial charge in [0.15, 0.2) is 6.17 Å². The number of alkyl halides is 1. The summed E-state index contributed by atoms with van der Waals surface area (Å²) >= 11 is 0. The van der Waals surface area contributed by atoms with Crippen LogP contribution in [0.25, 0.3) is 11.8 Å². The molecule has 7 heteroatoms. The van der Waals surface area contributed by atoms with E-state index in [-0.39, 0.29) is 12.1 Å². The topological polar surface area (TPSA) is 45.9 Å². The molecule has 1 aliphatic carbocycles. The lowest BCUT2D eigenvalue weighted by Gasteiger charge is -2.39. The molecule has 0 spiro atoms. The Labute approximate surface area is 223 Å². The van der Waals surface area contributed by atoms with Crippen LogP contribution in [0.5, 0.6) is 5.75 Å². The third kappa shape index (κ3) is 4.42. The molecule has 2 aromatic carbocycles. The van der Waals surface area contributed by atoms with Crippen LogP contribution < -0.4 is 4.74 Å². The standard InChI is InChI=1S/C31H32FN5O/c1-21-16-26(12-13-27(21)32)37-31(24-8-5-4-6-9-24)34-30-25(10-7-15-36(30)37)17-23-11-14-28(29(18-23)38-3)35-19-22(2)33-20-35/h4-6,8-9,11-14,16-21,27,31H,7,10,15H2,1-3H3. The van der Waals surface area contributed by atoms with Gasteiger partial charge in [-0.05, 0) is 66.8 Å². The highest BCUT2D eigenvalue weighted by atomic mass is 19.1. The number of allylic oxidation sites excluding steroid dienone is 3. The number of nitrogens with zero attached hydrogens (tertiary/aromatic N) is 5. The van der Waals surface area contributed by atoms with E-state index in [1.54, 1.807) is 19.5 Å². The number of aryl methyl sites for hydroxylation is 1. The van der Waals surface area contributed by atoms with Gasteiger partial charge in [-0.3, -0.25) is 10.0 Å². The van der Waals surface area contributed by atoms with Crippen molar-refractivity contribution in [2.75, 3.05) is 13.7 Å². The fraction of sp³-hybridized carbons (Fsp3) is 0.290. The van der Waals surface area contributed by atoms with Crippen LogP contribution in [0.15, 0.2) is 95.5 Å². The van der Waals surface area contributed by atoms with E-state index in [1.807, 2.05) is 55.0 Å². The van der Waals surface area contributed by atoms with Crippen LogP contribution in [-0.2, 0) is 0 Å². The van der Waals surface area contributed by atoms with Crippen LogP contribution in [0.4, 0.5) is 4.39 Å². The van der Waals surface area contributed by atoms with E-state index in [1.165, 1.54) is 5.57 Å². The smallest absolute Gasteiger partial charge is 0.168 e. The summed E-state index contributed by atoms with van der Waals surface area (Å²) in [6.07, 6.45) is 12.4. The van der Waals surface area contributed by atoms with Gasteiger partial charge in [0, 0.05) is 18.7 Å². The number of amidine groups is 1. The minimum Gasteiger partial charge on any atom is -0.495 e. The number of halogens is 1. The zero-order valence-electron chi connectivity index (χ0n) is 22.0. The van der Waals surface area contributed by atoms with Gasteiger partial charge in [0.05, 0.1) is 30.5 Å². The van der Waals surface area contributed by atoms with Gasteiger partial charge in [-0.25, -0.2) is 14.4 Å². The van der Waals surface area contributed by atoms with Crippen molar-refractivity contribution in [2.45, 2.75) is 39.0 Å². The second-order valence-corrected chi connectivity index (χ2v) is 10.1. The van der Waals surface area contributed by atoms with Crippen LogP contribution >= 0.6 is 0 Å². The number of methoxy groups -OCH3 is 1. The molecular formula is C31H32FN5O. The summed E-state index contributed by atoms with van der Waals surface area (Å²) in [6, 6.07) is 16.6. The predicted molar refractivity (Wildman–Crippen MR) is 149 cm³/mol. The number of fused-ring (bicyclic) bond motifs is 1. The maximum absolute atomic E-state index is 14.3. The maximum Gasteiger partial charge on any atom is 0.168 e. The van der Waals surface area contributed by atoms with Crippen molar-refractivity contribution in [3.05, 3.63) is 107 Å². The Kier molecular flexibility index (Phi) is 6.35. The normalized spacial score (nSPS) is 23.9. The number of imidazole rings is 1. The molecule has 2 aliphatic heterocycles. The van der Waals surface area contributed by atoms with Crippen LogP contribution in [0.2, 0.25) is 0 Å². The second kappa shape index (κ2) is 9.97. The number of hydrazine groups is 1. The Morgan fingerprint density at radius 1 is 1.13 bits per heavy atom. The molecule has 38 heavy (non-hydrogen) atoms. The average Bonchev–Trinajstić information content (AvgIpc) is 3.55. The highest BCUT2D eigenvalue weighted by Gasteiger charge is 2.39. The first-order valence-electron chi connectivity index (χ1n) is 13.2. The van der Waals surface area contributed by atoms with Crippen LogP contribution in [0.1, 0.15) is 42.8 Å². The third-order valence-electron chi connectivity index (χ3n) is 7.37. The van der Waals surface area contributed by atoms with Crippen molar-refractivity contribution in [3.63, 3.8) is 0 Å². The minimum atomic E-state index is -0.960. The van der Waals surface area contributed by atoms with Crippen molar-refractivity contribution >= 4 is 11.9 Å². The number of aliphatic imine (C=N–C) groups is 1. The zero-order valence-corrected chi connectivity index (χ0v) is 22.0. The molecule has 3 aromatic rings. The Bertz CT molecular complexity index is 1450. The van der Waals surface area contributed by atoms with E-state index in [4.69, 9.17) is 9.73 Å². The molecule has 3 atom stereocenters. The van der Waals surface area contributed by atoms with Gasteiger partial charge in [-0.2, -0.15) is 0 Å². The van der Waals surface area contributed by atoms with E-state index in [2.05, 4.69) is 51.4 Å². The predicted octanol–water partition coefficient (Wildman–Crippen LogP) is 6.42. The number of piperidine rings is 1. The highest BCUT2D eigenvalue weighted by molar-refractivity contribution is 6.03. The highest BCUT2D eigenvalue weighted by Crippen LogP contribution is 2.40. The molecule has 3 unspecified atom stereocenters. The average molecular weight is 510 g/mol. The van der Waals surface area contributed by atoms with Crippen molar-refractivity contribution in [3.8, 4) is 11.4 Å². The van der Waals surface area contributed by atoms with Gasteiger partial charge in [-0.15, -0.1) is 0 Å². The van der Waals surface area contributed by atoms with E-state index in [0.29, 0.717) is 0 Å². The summed E-state index contributed by atoms with van der Waals surface area (Å²) in [5, 5.41) is 4.51. The number of hydrogen-bond donors (Lipinski definition) is 0. The Hall–Kier alpha value is -4.13. The van der Waals surface area contributed by atoms with Crippen LogP contribution in [-0.4, -0.2) is 45.2 Å². The Morgan fingerprint density at radius 2 is 1.97 bits per heavy atom. The first kappa shape index (κ1) is 24.2. The minimum absolute atomic E-state index is 0.180. The number of ether oxygens (including phenoxy) is 1. The Morgan fingerprint density at radius 3 is 2.71 bits per heavy atom. The molecule has 0 bridgehead atoms. The number of aromatic nitrogens is 2. The van der Waals surface area contributed by atoms with Gasteiger partial charge < -0.3 is 9.30 Å². The molecule has 194 valence electrons. The summed E-state index contributed by atoms with van der Waals surface area (Å²) in [5.74, 6) is 1.58. The van der Waals surface area contributed by atoms with Crippen molar-refractivity contribution in [2.24, 2.45) is 10.9 Å². The summed E-state index contributed by atoms with van der Waals surface area (Å²) in [6.45, 7) is 4.76. The summed E-state index contributed by atoms with van der Waals surface area (Å²) in [5.41, 5.74) is 6.25. The lowest BCUT2D eigenvalue weighted by atomic mass is 9.98. The molecule has 3 aliphatic rings. The number of benzene rings is 2. The van der Waals surface area contributed by atoms with Crippen molar-refractivity contribution in [1.29, 1.82) is 0 Å². The lowest BCUT2D eigenvalue weighted by Crippen LogP contribution is -2.45. The Balaban J connectivity index is 1.38. The van der Waals surface area contributed by atoms with E-state index in [9.17, 15) is 4.39 Å². The van der Waals surface area contributed by atoms with Crippen LogP contribution in [0.3, 0.4) is 0 Å². The summed E-state index contributed by atoms with van der Waals surface area (Å²) in [4.78, 5) is 9.60. The summed E-state index contributed by atoms with van der Waals surface area (Å²) in [7, 11) is 1.69. The van der Waals surface area contributed by atoms with Gasteiger partial charge in [0.1, 0.15) is 17.8 Å². The lowest BCUT2D eigenvalue weighted by molar-refractivity contribution is 0.0650. The fourth-order valence-corrected chi connectivity index (χ4v) is 5.41. The molecule has 0 amide bonds. The van der Waals surface area contributed by atoms with E-state index in [0.717, 1.165) is 59.2 Å². The number of rotatable bonds is 5. The maximum atomic E-state index is 14.3. The van der Waals surface area contributed by atoms with E-state index >= 15 is 0 Å². The zero-order chi connectivity index (χ0) is 26.2. The first-order chi connectivity index (χ1) is 18.5. The molecule has 1 fully saturated rings. The first-order valence-corrected chi connectivity index (χ1v) is 13.2. The number of hydrogen-bond acceptors (Lipinski definition) is 5. The quantitative estimate of drug-likeness (QED) is 0.398. The van der Waals surface area contributed by atoms with Gasteiger partial charge in [0.2, 0.25) is 0 Å². The third-order valence-corrected chi connectivity index (χ3v) is 7.37. The largest absolute Gasteiger partial charge is 0.495 e. The summed E-state index contributed by atoms with van der Waals surface area (Å²) < 4.78 is 22.0. The molecule has 1 aromatic heterocycles. The molecule has 3 heterocycles. The molecular weight excluding hydrogens is 477 g/mol. The molecule has 6 nitrogen and oxygen atoms in total. The van der Waals surface area contributed by atoms with Gasteiger partial charge in [-0.1, -0.05) is 49.4 Å². The molecule has 0 radical (unpaired) electrons. The molecule has 0 saturated carbocycles. The monoisotopic (exact) mass is 509 g/mol. The van der Waals surface area contributed by atoms with Crippen molar-refractivity contribution < 1.29 is 9.13 Å². The second-order valence-electron chi connectivity index (χ2n) is 10.1. The molecule has 0 N–H and O–H groups in total. The van der Waals surface area contributed by atoms with E-state index < -0.39 is 6.17 Å². The van der Waals surface area contributed by atoms with Crippen LogP contribution in [0, 0.1) is 12.8 Å². The fourth-order valence-electron chi connectivity index (χ4n) is 5.41. The molecule has 1 saturated heterocycles.